The summed E-state index contributed by atoms with van der Waals surface area (Å²) in [5.41, 5.74) is 0.385. The third-order valence-electron chi connectivity index (χ3n) is 5.65. The minimum absolute atomic E-state index is 0.0320. The summed E-state index contributed by atoms with van der Waals surface area (Å²) in [6.07, 6.45) is 5.64. The van der Waals surface area contributed by atoms with Gasteiger partial charge in [-0.15, -0.1) is 0 Å². The molecule has 3 heterocycles. The topological polar surface area (TPSA) is 63.4 Å². The molecule has 26 heavy (non-hydrogen) atoms. The number of amides is 1. The number of rotatable bonds is 4. The van der Waals surface area contributed by atoms with Gasteiger partial charge in [-0.2, -0.15) is 14.6 Å². The van der Waals surface area contributed by atoms with Crippen molar-refractivity contribution < 1.29 is 13.6 Å². The summed E-state index contributed by atoms with van der Waals surface area (Å²) in [5.74, 6) is 0.862. The van der Waals surface area contributed by atoms with Crippen molar-refractivity contribution in [1.29, 1.82) is 0 Å². The molecule has 1 aliphatic carbocycles. The fourth-order valence-corrected chi connectivity index (χ4v) is 4.25. The maximum atomic E-state index is 13.4. The Kier molecular flexibility index (Phi) is 4.82. The van der Waals surface area contributed by atoms with E-state index in [4.69, 9.17) is 0 Å². The average Bonchev–Trinajstić information content (AvgIpc) is 3.32. The van der Waals surface area contributed by atoms with E-state index in [1.54, 1.807) is 0 Å². The van der Waals surface area contributed by atoms with E-state index in [2.05, 4.69) is 15.1 Å². The summed E-state index contributed by atoms with van der Waals surface area (Å²) in [6, 6.07) is 1.42. The van der Waals surface area contributed by atoms with Crippen LogP contribution >= 0.6 is 0 Å². The molecule has 0 radical (unpaired) electrons. The molecule has 140 valence electrons. The number of nitrogens with zero attached hydrogens (tertiary/aromatic N) is 5. The molecule has 1 atom stereocenters. The summed E-state index contributed by atoms with van der Waals surface area (Å²) in [6.45, 7) is 1.29. The molecule has 1 saturated heterocycles. The predicted molar refractivity (Wildman–Crippen MR) is 90.9 cm³/mol. The second kappa shape index (κ2) is 7.25. The molecular formula is C18H23F2N5O. The Hall–Kier alpha value is -2.12. The van der Waals surface area contributed by atoms with Gasteiger partial charge in [-0.1, -0.05) is 12.8 Å². The van der Waals surface area contributed by atoms with Crippen LogP contribution in [0.1, 0.15) is 68.7 Å². The fourth-order valence-electron chi connectivity index (χ4n) is 4.25. The third kappa shape index (κ3) is 3.41. The molecule has 1 amide bonds. The van der Waals surface area contributed by atoms with E-state index in [0.717, 1.165) is 36.7 Å². The highest BCUT2D eigenvalue weighted by atomic mass is 19.3. The smallest absolute Gasteiger partial charge is 0.280 e. The molecule has 6 nitrogen and oxygen atoms in total. The van der Waals surface area contributed by atoms with Crippen molar-refractivity contribution >= 4 is 11.7 Å². The minimum Gasteiger partial charge on any atom is -0.342 e. The number of likely N-dealkylation sites (tertiary alicyclic amines) is 1. The molecule has 8 heteroatoms. The molecule has 0 spiro atoms. The lowest BCUT2D eigenvalue weighted by atomic mass is 9.93. The highest BCUT2D eigenvalue weighted by Gasteiger charge is 2.29. The van der Waals surface area contributed by atoms with Crippen molar-refractivity contribution in [3.8, 4) is 0 Å². The van der Waals surface area contributed by atoms with Crippen LogP contribution in [-0.4, -0.2) is 43.5 Å². The molecule has 1 aliphatic heterocycles. The summed E-state index contributed by atoms with van der Waals surface area (Å²) in [4.78, 5) is 22.9. The zero-order valence-corrected chi connectivity index (χ0v) is 14.7. The van der Waals surface area contributed by atoms with Gasteiger partial charge in [0.2, 0.25) is 5.91 Å². The van der Waals surface area contributed by atoms with Gasteiger partial charge in [-0.05, 0) is 37.7 Å². The Morgan fingerprint density at radius 1 is 1.23 bits per heavy atom. The molecule has 1 saturated carbocycles. The number of hydrogen-bond acceptors (Lipinski definition) is 4. The van der Waals surface area contributed by atoms with Crippen molar-refractivity contribution in [2.75, 3.05) is 13.1 Å². The standard InChI is InChI=1S/C18H23F2N5O/c19-17(20)15-9-14(23-18-21-11-22-25(15)18)13-6-3-7-24(10-13)16(26)8-12-4-1-2-5-12/h9,11-13,17H,1-8,10H2/t13-/m1/s1. The number of hydrogen-bond donors (Lipinski definition) is 0. The Bertz CT molecular complexity index is 787. The number of fused-ring (bicyclic) bond motifs is 1. The van der Waals surface area contributed by atoms with Crippen molar-refractivity contribution in [3.05, 3.63) is 23.8 Å². The van der Waals surface area contributed by atoms with Crippen LogP contribution in [0, 0.1) is 5.92 Å². The first kappa shape index (κ1) is 17.3. The fraction of sp³-hybridized carbons (Fsp3) is 0.667. The second-order valence-corrected chi connectivity index (χ2v) is 7.41. The van der Waals surface area contributed by atoms with E-state index in [9.17, 15) is 13.6 Å². The average molecular weight is 363 g/mol. The van der Waals surface area contributed by atoms with Crippen LogP contribution in [0.15, 0.2) is 12.4 Å². The van der Waals surface area contributed by atoms with Crippen LogP contribution in [0.4, 0.5) is 8.78 Å². The van der Waals surface area contributed by atoms with Gasteiger partial charge in [0, 0.05) is 25.4 Å². The summed E-state index contributed by atoms with van der Waals surface area (Å²) in [5, 5.41) is 3.83. The lowest BCUT2D eigenvalue weighted by Crippen LogP contribution is -2.40. The quantitative estimate of drug-likeness (QED) is 0.836. The maximum absolute atomic E-state index is 13.4. The lowest BCUT2D eigenvalue weighted by molar-refractivity contribution is -0.133. The monoisotopic (exact) mass is 363 g/mol. The van der Waals surface area contributed by atoms with Crippen molar-refractivity contribution in [2.24, 2.45) is 5.92 Å². The van der Waals surface area contributed by atoms with Crippen LogP contribution in [0.3, 0.4) is 0 Å². The molecular weight excluding hydrogens is 340 g/mol. The van der Waals surface area contributed by atoms with Crippen LogP contribution in [-0.2, 0) is 4.79 Å². The van der Waals surface area contributed by atoms with Gasteiger partial charge in [0.05, 0.1) is 5.69 Å². The zero-order valence-electron chi connectivity index (χ0n) is 14.7. The predicted octanol–water partition coefficient (Wildman–Crippen LogP) is 3.35. The molecule has 0 N–H and O–H groups in total. The number of halogens is 2. The first-order valence-electron chi connectivity index (χ1n) is 9.38. The third-order valence-corrected chi connectivity index (χ3v) is 5.65. The van der Waals surface area contributed by atoms with Gasteiger partial charge in [0.25, 0.3) is 12.2 Å². The number of carbonyl (C=O) groups is 1. The molecule has 2 aliphatic rings. The Morgan fingerprint density at radius 3 is 2.81 bits per heavy atom. The summed E-state index contributed by atoms with van der Waals surface area (Å²) < 4.78 is 27.8. The van der Waals surface area contributed by atoms with Gasteiger partial charge in [0.15, 0.2) is 0 Å². The molecule has 2 aromatic rings. The van der Waals surface area contributed by atoms with Crippen LogP contribution in [0.2, 0.25) is 0 Å². The largest absolute Gasteiger partial charge is 0.342 e. The van der Waals surface area contributed by atoms with E-state index in [0.29, 0.717) is 24.6 Å². The van der Waals surface area contributed by atoms with Gasteiger partial charge in [-0.25, -0.2) is 13.8 Å². The van der Waals surface area contributed by atoms with E-state index < -0.39 is 6.43 Å². The number of alkyl halides is 2. The van der Waals surface area contributed by atoms with Gasteiger partial charge < -0.3 is 4.90 Å². The van der Waals surface area contributed by atoms with E-state index in [1.165, 1.54) is 25.2 Å². The lowest BCUT2D eigenvalue weighted by Gasteiger charge is -2.33. The van der Waals surface area contributed by atoms with E-state index in [-0.39, 0.29) is 23.3 Å². The number of aromatic nitrogens is 4. The Labute approximate surface area is 150 Å². The first-order valence-corrected chi connectivity index (χ1v) is 9.38. The SMILES string of the molecule is O=C(CC1CCCC1)N1CCC[C@@H](c2cc(C(F)F)n3ncnc3n2)C1. The van der Waals surface area contributed by atoms with Crippen LogP contribution in [0.5, 0.6) is 0 Å². The molecule has 0 bridgehead atoms. The highest BCUT2D eigenvalue weighted by Crippen LogP contribution is 2.31. The highest BCUT2D eigenvalue weighted by molar-refractivity contribution is 5.76. The number of piperidine rings is 1. The normalized spacial score (nSPS) is 21.8. The Morgan fingerprint density at radius 2 is 2.04 bits per heavy atom. The van der Waals surface area contributed by atoms with Gasteiger partial charge in [-0.3, -0.25) is 4.79 Å². The molecule has 2 aromatic heterocycles. The van der Waals surface area contributed by atoms with E-state index >= 15 is 0 Å². The summed E-state index contributed by atoms with van der Waals surface area (Å²) in [7, 11) is 0. The second-order valence-electron chi connectivity index (χ2n) is 7.41. The molecule has 4 rings (SSSR count). The van der Waals surface area contributed by atoms with Crippen molar-refractivity contribution in [1.82, 2.24) is 24.5 Å². The zero-order chi connectivity index (χ0) is 18.1. The van der Waals surface area contributed by atoms with Gasteiger partial charge in [0.1, 0.15) is 12.0 Å². The van der Waals surface area contributed by atoms with Gasteiger partial charge >= 0.3 is 0 Å². The van der Waals surface area contributed by atoms with E-state index in [1.807, 2.05) is 4.90 Å². The van der Waals surface area contributed by atoms with Crippen molar-refractivity contribution in [3.63, 3.8) is 0 Å². The molecule has 2 fully saturated rings. The summed E-state index contributed by atoms with van der Waals surface area (Å²) >= 11 is 0. The van der Waals surface area contributed by atoms with Crippen LogP contribution in [0.25, 0.3) is 5.78 Å². The minimum atomic E-state index is -2.65. The molecule has 0 aromatic carbocycles. The first-order chi connectivity index (χ1) is 12.6. The van der Waals surface area contributed by atoms with Crippen LogP contribution < -0.4 is 0 Å². The molecule has 0 unspecified atom stereocenters. The van der Waals surface area contributed by atoms with Crippen molar-refractivity contribution in [2.45, 2.75) is 57.3 Å². The maximum Gasteiger partial charge on any atom is 0.280 e. The number of carbonyl (C=O) groups excluding carboxylic acids is 1. The Balaban J connectivity index is 1.52.